The van der Waals surface area contributed by atoms with Gasteiger partial charge in [-0.2, -0.15) is 5.10 Å². The van der Waals surface area contributed by atoms with E-state index in [1.165, 1.54) is 12.1 Å². The fourth-order valence-corrected chi connectivity index (χ4v) is 4.46. The normalized spacial score (nSPS) is 11.5. The van der Waals surface area contributed by atoms with Gasteiger partial charge < -0.3 is 10.3 Å². The molecule has 1 amide bonds. The maximum Gasteiger partial charge on any atom is 0.224 e. The fraction of sp³-hybridized carbons (Fsp3) is 0.138. The van der Waals surface area contributed by atoms with Gasteiger partial charge in [0.25, 0.3) is 0 Å². The lowest BCUT2D eigenvalue weighted by atomic mass is 10.0. The zero-order valence-corrected chi connectivity index (χ0v) is 20.8. The number of para-hydroxylation sites is 1. The summed E-state index contributed by atoms with van der Waals surface area (Å²) in [7, 11) is 0. The molecule has 6 aromatic rings. The third kappa shape index (κ3) is 4.50. The Morgan fingerprint density at radius 1 is 0.947 bits per heavy atom. The lowest BCUT2D eigenvalue weighted by Crippen LogP contribution is -2.14. The van der Waals surface area contributed by atoms with Crippen LogP contribution in [0, 0.1) is 11.7 Å². The molecule has 0 atom stereocenters. The second-order valence-corrected chi connectivity index (χ2v) is 9.57. The molecule has 4 heterocycles. The van der Waals surface area contributed by atoms with E-state index in [2.05, 4.69) is 25.5 Å². The number of nitrogens with zero attached hydrogens (tertiary/aromatic N) is 4. The summed E-state index contributed by atoms with van der Waals surface area (Å²) < 4.78 is 13.5. The Labute approximate surface area is 217 Å². The summed E-state index contributed by atoms with van der Waals surface area (Å²) in [5.74, 6) is 0.495. The largest absolute Gasteiger partial charge is 0.336 e. The number of rotatable bonds is 6. The number of carbonyl (C=O) groups excluding carboxylic acids is 1. The first-order valence-electron chi connectivity index (χ1n) is 12.3. The number of hydrogen-bond donors (Lipinski definition) is 3. The van der Waals surface area contributed by atoms with Crippen molar-refractivity contribution in [1.82, 2.24) is 30.1 Å². The second kappa shape index (κ2) is 9.51. The van der Waals surface area contributed by atoms with Gasteiger partial charge in [0.15, 0.2) is 11.5 Å². The number of pyridine rings is 2. The molecular formula is C29H24FN7O. The van der Waals surface area contributed by atoms with Crippen molar-refractivity contribution in [3.8, 4) is 33.9 Å². The van der Waals surface area contributed by atoms with Crippen molar-refractivity contribution in [2.45, 2.75) is 20.3 Å². The molecule has 0 aliphatic rings. The highest BCUT2D eigenvalue weighted by Gasteiger charge is 2.17. The van der Waals surface area contributed by atoms with E-state index in [4.69, 9.17) is 9.97 Å². The molecule has 38 heavy (non-hydrogen) atoms. The number of aromatic amines is 2. The van der Waals surface area contributed by atoms with Crippen LogP contribution in [0.25, 0.3) is 56.0 Å². The molecular weight excluding hydrogens is 481 g/mol. The summed E-state index contributed by atoms with van der Waals surface area (Å²) in [6.07, 6.45) is 3.77. The number of benzene rings is 2. The molecule has 0 aliphatic carbocycles. The zero-order chi connectivity index (χ0) is 26.2. The van der Waals surface area contributed by atoms with Crippen LogP contribution >= 0.6 is 0 Å². The van der Waals surface area contributed by atoms with Gasteiger partial charge in [0.2, 0.25) is 5.91 Å². The van der Waals surface area contributed by atoms with Crippen molar-refractivity contribution in [1.29, 1.82) is 0 Å². The third-order valence-corrected chi connectivity index (χ3v) is 6.21. The van der Waals surface area contributed by atoms with Crippen LogP contribution < -0.4 is 5.32 Å². The smallest absolute Gasteiger partial charge is 0.224 e. The molecule has 3 N–H and O–H groups in total. The van der Waals surface area contributed by atoms with Gasteiger partial charge in [-0.25, -0.2) is 14.4 Å². The average Bonchev–Trinajstić information content (AvgIpc) is 3.52. The summed E-state index contributed by atoms with van der Waals surface area (Å²) in [5.41, 5.74) is 7.43. The minimum absolute atomic E-state index is 0.0515. The number of fused-ring (bicyclic) bond motifs is 2. The van der Waals surface area contributed by atoms with Crippen molar-refractivity contribution in [2.75, 3.05) is 5.32 Å². The van der Waals surface area contributed by atoms with E-state index >= 15 is 0 Å². The molecule has 8 nitrogen and oxygen atoms in total. The van der Waals surface area contributed by atoms with Gasteiger partial charge >= 0.3 is 0 Å². The maximum absolute atomic E-state index is 13.5. The molecule has 0 radical (unpaired) electrons. The van der Waals surface area contributed by atoms with Crippen LogP contribution in [0.3, 0.4) is 0 Å². The lowest BCUT2D eigenvalue weighted by Gasteiger charge is -2.08. The monoisotopic (exact) mass is 505 g/mol. The summed E-state index contributed by atoms with van der Waals surface area (Å²) in [4.78, 5) is 29.6. The predicted molar refractivity (Wildman–Crippen MR) is 146 cm³/mol. The summed E-state index contributed by atoms with van der Waals surface area (Å²) in [6.45, 7) is 4.00. The van der Waals surface area contributed by atoms with Crippen molar-refractivity contribution >= 4 is 33.7 Å². The molecule has 0 saturated heterocycles. The minimum Gasteiger partial charge on any atom is -0.336 e. The number of halogens is 1. The molecule has 2 aromatic carbocycles. The van der Waals surface area contributed by atoms with Crippen molar-refractivity contribution < 1.29 is 9.18 Å². The fourth-order valence-electron chi connectivity index (χ4n) is 4.46. The highest BCUT2D eigenvalue weighted by Crippen LogP contribution is 2.32. The average molecular weight is 506 g/mol. The van der Waals surface area contributed by atoms with E-state index in [1.54, 1.807) is 24.5 Å². The Hall–Kier alpha value is -4.92. The first-order chi connectivity index (χ1) is 18.4. The summed E-state index contributed by atoms with van der Waals surface area (Å²) in [6, 6.07) is 17.8. The van der Waals surface area contributed by atoms with Crippen LogP contribution in [0.1, 0.15) is 20.3 Å². The number of amides is 1. The lowest BCUT2D eigenvalue weighted by molar-refractivity contribution is -0.116. The van der Waals surface area contributed by atoms with Crippen LogP contribution in [-0.4, -0.2) is 36.0 Å². The number of anilines is 1. The van der Waals surface area contributed by atoms with Crippen LogP contribution in [0.5, 0.6) is 0 Å². The van der Waals surface area contributed by atoms with Crippen LogP contribution in [0.2, 0.25) is 0 Å². The number of aromatic nitrogens is 6. The van der Waals surface area contributed by atoms with E-state index in [9.17, 15) is 9.18 Å². The highest BCUT2D eigenvalue weighted by molar-refractivity contribution is 5.96. The van der Waals surface area contributed by atoms with Crippen LogP contribution in [0.15, 0.2) is 73.1 Å². The molecule has 0 spiro atoms. The predicted octanol–water partition coefficient (Wildman–Crippen LogP) is 6.35. The molecule has 0 bridgehead atoms. The van der Waals surface area contributed by atoms with Gasteiger partial charge in [0.05, 0.1) is 34.1 Å². The number of carbonyl (C=O) groups is 1. The third-order valence-electron chi connectivity index (χ3n) is 6.21. The molecule has 188 valence electrons. The molecule has 4 aromatic heterocycles. The van der Waals surface area contributed by atoms with E-state index in [0.29, 0.717) is 34.8 Å². The Balaban J connectivity index is 1.38. The molecule has 6 rings (SSSR count). The number of nitrogens with one attached hydrogen (secondary N) is 3. The Kier molecular flexibility index (Phi) is 5.88. The van der Waals surface area contributed by atoms with Crippen molar-refractivity contribution in [2.24, 2.45) is 5.92 Å². The highest BCUT2D eigenvalue weighted by atomic mass is 19.1. The first-order valence-corrected chi connectivity index (χ1v) is 12.3. The summed E-state index contributed by atoms with van der Waals surface area (Å²) in [5, 5.41) is 10.4. The SMILES string of the molecule is CC(C)CC(=O)Nc1cncc(-c2ccc3[nH]nc(-c4nc5c(-c6ccc(F)cc6)cccc5[nH]4)c3n2)c1. The van der Waals surface area contributed by atoms with E-state index in [1.807, 2.05) is 50.2 Å². The molecule has 0 unspecified atom stereocenters. The van der Waals surface area contributed by atoms with Crippen LogP contribution in [0.4, 0.5) is 10.1 Å². The molecule has 9 heteroatoms. The van der Waals surface area contributed by atoms with E-state index in [0.717, 1.165) is 33.2 Å². The molecule has 0 aliphatic heterocycles. The van der Waals surface area contributed by atoms with E-state index in [-0.39, 0.29) is 17.6 Å². The van der Waals surface area contributed by atoms with Crippen molar-refractivity contribution in [3.63, 3.8) is 0 Å². The van der Waals surface area contributed by atoms with Gasteiger partial charge in [-0.1, -0.05) is 38.1 Å². The van der Waals surface area contributed by atoms with Gasteiger partial charge in [-0.05, 0) is 47.9 Å². The zero-order valence-electron chi connectivity index (χ0n) is 20.8. The van der Waals surface area contributed by atoms with Gasteiger partial charge in [0.1, 0.15) is 11.3 Å². The Morgan fingerprint density at radius 3 is 2.61 bits per heavy atom. The van der Waals surface area contributed by atoms with Crippen molar-refractivity contribution in [3.05, 3.63) is 78.9 Å². The van der Waals surface area contributed by atoms with Gasteiger partial charge in [-0.15, -0.1) is 0 Å². The van der Waals surface area contributed by atoms with Crippen LogP contribution in [-0.2, 0) is 4.79 Å². The quantitative estimate of drug-likeness (QED) is 0.244. The first kappa shape index (κ1) is 23.5. The topological polar surface area (TPSA) is 112 Å². The molecule has 0 fully saturated rings. The van der Waals surface area contributed by atoms with Gasteiger partial charge in [-0.3, -0.25) is 14.9 Å². The Morgan fingerprint density at radius 2 is 1.79 bits per heavy atom. The number of hydrogen-bond acceptors (Lipinski definition) is 5. The van der Waals surface area contributed by atoms with E-state index < -0.39 is 0 Å². The minimum atomic E-state index is -0.285. The Bertz CT molecular complexity index is 1790. The summed E-state index contributed by atoms with van der Waals surface area (Å²) >= 11 is 0. The number of imidazole rings is 1. The maximum atomic E-state index is 13.5. The standard InChI is InChI=1S/C29H24FN7O/c1-16(2)12-25(38)32-20-13-18(14-31-15-20)22-10-11-24-27(33-22)28(37-36-24)29-34-23-5-3-4-21(26(23)35-29)17-6-8-19(30)9-7-17/h3-11,13-16H,12H2,1-2H3,(H,32,38)(H,34,35)(H,36,37). The number of H-pyrrole nitrogens is 2. The molecule has 0 saturated carbocycles. The second-order valence-electron chi connectivity index (χ2n) is 9.57. The van der Waals surface area contributed by atoms with Gasteiger partial charge in [0, 0.05) is 23.7 Å².